The molecule has 1 N–H and O–H groups in total. The summed E-state index contributed by atoms with van der Waals surface area (Å²) in [5.74, 6) is 0. The number of hydrazine groups is 1. The molecule has 22 heavy (non-hydrogen) atoms. The molecular formula is C16H22N2O4. The molecule has 0 radical (unpaired) electrons. The predicted molar refractivity (Wildman–Crippen MR) is 82.9 cm³/mol. The largest absolute Gasteiger partial charge is 0.443 e. The van der Waals surface area contributed by atoms with Gasteiger partial charge in [-0.2, -0.15) is 0 Å². The molecule has 0 unspecified atom stereocenters. The third-order valence-electron chi connectivity index (χ3n) is 2.36. The maximum atomic E-state index is 11.9. The second-order valence-corrected chi connectivity index (χ2v) is 5.55. The topological polar surface area (TPSA) is 67.9 Å². The first-order valence-electron chi connectivity index (χ1n) is 6.90. The van der Waals surface area contributed by atoms with E-state index in [0.29, 0.717) is 0 Å². The summed E-state index contributed by atoms with van der Waals surface area (Å²) in [6.07, 6.45) is 0.0575. The highest BCUT2D eigenvalue weighted by Gasteiger charge is 2.23. The predicted octanol–water partition coefficient (Wildman–Crippen LogP) is 3.25. The fourth-order valence-electron chi connectivity index (χ4n) is 1.48. The van der Waals surface area contributed by atoms with Gasteiger partial charge in [-0.3, -0.25) is 0 Å². The average Bonchev–Trinajstić information content (AvgIpc) is 2.44. The zero-order valence-electron chi connectivity index (χ0n) is 13.2. The molecule has 120 valence electrons. The van der Waals surface area contributed by atoms with Crippen molar-refractivity contribution in [3.05, 3.63) is 48.6 Å². The van der Waals surface area contributed by atoms with Crippen LogP contribution in [0.2, 0.25) is 0 Å². The summed E-state index contributed by atoms with van der Waals surface area (Å²) in [5.41, 5.74) is 2.53. The number of benzene rings is 1. The first kappa shape index (κ1) is 17.6. The van der Waals surface area contributed by atoms with Crippen LogP contribution in [-0.2, 0) is 16.1 Å². The number of hydrogen-bond acceptors (Lipinski definition) is 4. The van der Waals surface area contributed by atoms with Crippen LogP contribution in [0.1, 0.15) is 26.3 Å². The van der Waals surface area contributed by atoms with Gasteiger partial charge in [0.2, 0.25) is 0 Å². The Balaban J connectivity index is 2.53. The fourth-order valence-corrected chi connectivity index (χ4v) is 1.48. The average molecular weight is 306 g/mol. The molecular weight excluding hydrogens is 284 g/mol. The molecule has 0 atom stereocenters. The summed E-state index contributed by atoms with van der Waals surface area (Å²) in [6.45, 7) is 8.98. The number of hydrogen-bond donors (Lipinski definition) is 1. The van der Waals surface area contributed by atoms with E-state index < -0.39 is 17.8 Å². The number of nitrogens with zero attached hydrogens (tertiary/aromatic N) is 1. The Hall–Kier alpha value is -2.50. The number of nitrogens with one attached hydrogen (secondary N) is 1. The number of rotatable bonds is 4. The molecule has 0 heterocycles. The summed E-state index contributed by atoms with van der Waals surface area (Å²) in [6, 6.07) is 9.24. The van der Waals surface area contributed by atoms with Crippen LogP contribution >= 0.6 is 0 Å². The zero-order chi connectivity index (χ0) is 16.6. The van der Waals surface area contributed by atoms with Crippen molar-refractivity contribution in [1.29, 1.82) is 0 Å². The van der Waals surface area contributed by atoms with Gasteiger partial charge in [0.1, 0.15) is 12.2 Å². The molecule has 0 saturated carbocycles. The number of carbonyl (C=O) groups excluding carboxylic acids is 2. The molecule has 0 saturated heterocycles. The Morgan fingerprint density at radius 3 is 2.45 bits per heavy atom. The molecule has 2 amide bonds. The van der Waals surface area contributed by atoms with Crippen LogP contribution in [0.5, 0.6) is 0 Å². The Bertz CT molecular complexity index is 509. The fraction of sp³-hybridized carbons (Fsp3) is 0.375. The molecule has 1 aromatic carbocycles. The van der Waals surface area contributed by atoms with Crippen LogP contribution in [-0.4, -0.2) is 29.3 Å². The van der Waals surface area contributed by atoms with Crippen molar-refractivity contribution in [2.45, 2.75) is 33.0 Å². The van der Waals surface area contributed by atoms with Crippen LogP contribution < -0.4 is 5.43 Å². The molecule has 0 spiro atoms. The van der Waals surface area contributed by atoms with Gasteiger partial charge >= 0.3 is 12.2 Å². The second kappa shape index (κ2) is 8.07. The summed E-state index contributed by atoms with van der Waals surface area (Å²) in [7, 11) is 0. The summed E-state index contributed by atoms with van der Waals surface area (Å²) < 4.78 is 10.2. The first-order chi connectivity index (χ1) is 10.3. The van der Waals surface area contributed by atoms with Crippen LogP contribution in [0, 0.1) is 0 Å². The first-order valence-corrected chi connectivity index (χ1v) is 6.90. The lowest BCUT2D eigenvalue weighted by Crippen LogP contribution is -2.48. The van der Waals surface area contributed by atoms with E-state index in [1.54, 1.807) is 20.8 Å². The molecule has 6 heteroatoms. The molecule has 0 aliphatic rings. The maximum absolute atomic E-state index is 11.9. The lowest BCUT2D eigenvalue weighted by atomic mass is 10.2. The Morgan fingerprint density at radius 1 is 1.27 bits per heavy atom. The van der Waals surface area contributed by atoms with Gasteiger partial charge in [0, 0.05) is 0 Å². The van der Waals surface area contributed by atoms with Gasteiger partial charge in [0.05, 0.1) is 6.54 Å². The third kappa shape index (κ3) is 6.78. The molecule has 0 aromatic heterocycles. The van der Waals surface area contributed by atoms with Crippen molar-refractivity contribution < 1.29 is 19.1 Å². The third-order valence-corrected chi connectivity index (χ3v) is 2.36. The van der Waals surface area contributed by atoms with Gasteiger partial charge in [0.15, 0.2) is 0 Å². The molecule has 0 aliphatic carbocycles. The van der Waals surface area contributed by atoms with Crippen LogP contribution in [0.25, 0.3) is 0 Å². The van der Waals surface area contributed by atoms with Gasteiger partial charge in [0.25, 0.3) is 0 Å². The summed E-state index contributed by atoms with van der Waals surface area (Å²) in [5, 5.41) is 1.01. The van der Waals surface area contributed by atoms with E-state index in [4.69, 9.17) is 9.47 Å². The summed E-state index contributed by atoms with van der Waals surface area (Å²) >= 11 is 0. The highest BCUT2D eigenvalue weighted by molar-refractivity contribution is 5.74. The zero-order valence-corrected chi connectivity index (χ0v) is 13.2. The SMILES string of the molecule is C=CCN(NC(=O)OCc1ccccc1)C(=O)OC(C)(C)C. The molecule has 0 aliphatic heterocycles. The molecule has 6 nitrogen and oxygen atoms in total. The molecule has 0 bridgehead atoms. The minimum absolute atomic E-state index is 0.106. The smallest absolute Gasteiger partial charge is 0.429 e. The van der Waals surface area contributed by atoms with E-state index in [1.807, 2.05) is 30.3 Å². The van der Waals surface area contributed by atoms with Crippen molar-refractivity contribution in [3.63, 3.8) is 0 Å². The number of amides is 2. The monoisotopic (exact) mass is 306 g/mol. The normalized spacial score (nSPS) is 10.5. The lowest BCUT2D eigenvalue weighted by Gasteiger charge is -2.26. The van der Waals surface area contributed by atoms with E-state index >= 15 is 0 Å². The number of carbonyl (C=O) groups is 2. The minimum Gasteiger partial charge on any atom is -0.443 e. The van der Waals surface area contributed by atoms with E-state index in [-0.39, 0.29) is 13.2 Å². The van der Waals surface area contributed by atoms with Crippen molar-refractivity contribution >= 4 is 12.2 Å². The van der Waals surface area contributed by atoms with Crippen LogP contribution in [0.15, 0.2) is 43.0 Å². The van der Waals surface area contributed by atoms with Crippen molar-refractivity contribution in [1.82, 2.24) is 10.4 Å². The standard InChI is InChI=1S/C16H22N2O4/c1-5-11-18(15(20)22-16(2,3)4)17-14(19)21-12-13-9-7-6-8-10-13/h5-10H,1,11-12H2,2-4H3,(H,17,19). The van der Waals surface area contributed by atoms with Crippen molar-refractivity contribution in [2.24, 2.45) is 0 Å². The summed E-state index contributed by atoms with van der Waals surface area (Å²) in [4.78, 5) is 23.7. The molecule has 0 fully saturated rings. The Kier molecular flexibility index (Phi) is 6.44. The van der Waals surface area contributed by atoms with Crippen molar-refractivity contribution in [3.8, 4) is 0 Å². The van der Waals surface area contributed by atoms with E-state index in [0.717, 1.165) is 10.6 Å². The van der Waals surface area contributed by atoms with Gasteiger partial charge in [-0.05, 0) is 26.3 Å². The Morgan fingerprint density at radius 2 is 1.91 bits per heavy atom. The van der Waals surface area contributed by atoms with Crippen LogP contribution in [0.4, 0.5) is 9.59 Å². The highest BCUT2D eigenvalue weighted by atomic mass is 16.6. The number of ether oxygens (including phenoxy) is 2. The maximum Gasteiger partial charge on any atom is 0.429 e. The van der Waals surface area contributed by atoms with E-state index in [9.17, 15) is 9.59 Å². The van der Waals surface area contributed by atoms with Gasteiger partial charge in [-0.1, -0.05) is 36.4 Å². The van der Waals surface area contributed by atoms with E-state index in [2.05, 4.69) is 12.0 Å². The molecule has 1 rings (SSSR count). The Labute approximate surface area is 130 Å². The lowest BCUT2D eigenvalue weighted by molar-refractivity contribution is 0.0146. The van der Waals surface area contributed by atoms with Crippen molar-refractivity contribution in [2.75, 3.05) is 6.54 Å². The van der Waals surface area contributed by atoms with Gasteiger partial charge < -0.3 is 9.47 Å². The van der Waals surface area contributed by atoms with Gasteiger partial charge in [-0.15, -0.1) is 6.58 Å². The highest BCUT2D eigenvalue weighted by Crippen LogP contribution is 2.09. The van der Waals surface area contributed by atoms with Gasteiger partial charge in [-0.25, -0.2) is 20.0 Å². The second-order valence-electron chi connectivity index (χ2n) is 5.55. The minimum atomic E-state index is -0.739. The van der Waals surface area contributed by atoms with Crippen LogP contribution in [0.3, 0.4) is 0 Å². The molecule has 1 aromatic rings. The quantitative estimate of drug-likeness (QED) is 0.685. The van der Waals surface area contributed by atoms with E-state index in [1.165, 1.54) is 6.08 Å².